The van der Waals surface area contributed by atoms with Crippen molar-refractivity contribution in [3.05, 3.63) is 66.7 Å². The van der Waals surface area contributed by atoms with Crippen LogP contribution in [0.2, 0.25) is 0 Å². The maximum atomic E-state index is 13.5. The third kappa shape index (κ3) is 5.21. The number of likely N-dealkylation sites (N-methyl/N-ethyl adjacent to an activating group) is 1. The molecule has 3 aromatic heterocycles. The van der Waals surface area contributed by atoms with Crippen LogP contribution < -0.4 is 0 Å². The number of H-pyrrole nitrogens is 1. The molecule has 0 amide bonds. The molecule has 0 bridgehead atoms. The number of hydrogen-bond donors (Lipinski definition) is 1. The molecule has 4 aromatic rings. The normalized spacial score (nSPS) is 18.6. The molecule has 9 heteroatoms. The number of ether oxygens (including phenoxy) is 1. The van der Waals surface area contributed by atoms with Gasteiger partial charge in [-0.25, -0.2) is 17.4 Å². The minimum atomic E-state index is -3.80. The number of nitrogens with one attached hydrogen (secondary N) is 1. The Balaban J connectivity index is 1.44. The summed E-state index contributed by atoms with van der Waals surface area (Å²) in [6.07, 6.45) is 11.5. The smallest absolute Gasteiger partial charge is 0.269 e. The quantitative estimate of drug-likeness (QED) is 0.294. The van der Waals surface area contributed by atoms with Gasteiger partial charge in [0, 0.05) is 54.3 Å². The van der Waals surface area contributed by atoms with E-state index in [1.54, 1.807) is 42.9 Å². The molecule has 1 N–H and O–H groups in total. The summed E-state index contributed by atoms with van der Waals surface area (Å²) in [5.41, 5.74) is 3.25. The zero-order chi connectivity index (χ0) is 25.8. The predicted molar refractivity (Wildman–Crippen MR) is 145 cm³/mol. The Morgan fingerprint density at radius 3 is 2.57 bits per heavy atom. The van der Waals surface area contributed by atoms with Gasteiger partial charge in [-0.15, -0.1) is 0 Å². The second kappa shape index (κ2) is 11.2. The molecular formula is C28H35N5O3S. The lowest BCUT2D eigenvalue weighted by Crippen LogP contribution is -2.39. The van der Waals surface area contributed by atoms with E-state index in [0.717, 1.165) is 68.5 Å². The minimum absolute atomic E-state index is 0.236. The van der Waals surface area contributed by atoms with Crippen LogP contribution in [0.3, 0.4) is 0 Å². The zero-order valence-electron chi connectivity index (χ0n) is 21.5. The number of benzene rings is 1. The molecule has 0 spiro atoms. The van der Waals surface area contributed by atoms with Crippen LogP contribution in [0.5, 0.6) is 0 Å². The lowest BCUT2D eigenvalue weighted by molar-refractivity contribution is 0.0834. The van der Waals surface area contributed by atoms with Crippen molar-refractivity contribution in [2.45, 2.75) is 56.4 Å². The highest BCUT2D eigenvalue weighted by atomic mass is 32.2. The zero-order valence-corrected chi connectivity index (χ0v) is 22.3. The summed E-state index contributed by atoms with van der Waals surface area (Å²) in [6.45, 7) is 7.81. The van der Waals surface area contributed by atoms with E-state index >= 15 is 0 Å². The molecule has 1 fully saturated rings. The maximum Gasteiger partial charge on any atom is 0.269 e. The number of aromatic nitrogens is 4. The molecule has 1 saturated carbocycles. The topological polar surface area (TPSA) is 93.1 Å². The molecule has 0 unspecified atom stereocenters. The summed E-state index contributed by atoms with van der Waals surface area (Å²) in [7, 11) is -3.80. The van der Waals surface area contributed by atoms with Crippen LogP contribution in [0.15, 0.2) is 66.1 Å². The molecule has 0 aliphatic heterocycles. The first-order valence-corrected chi connectivity index (χ1v) is 14.6. The van der Waals surface area contributed by atoms with Crippen LogP contribution in [-0.2, 0) is 14.8 Å². The molecule has 8 nitrogen and oxygen atoms in total. The molecule has 0 radical (unpaired) electrons. The molecule has 5 rings (SSSR count). The van der Waals surface area contributed by atoms with Crippen LogP contribution in [0.25, 0.3) is 22.2 Å². The number of aromatic amines is 1. The lowest BCUT2D eigenvalue weighted by atomic mass is 9.81. The molecule has 196 valence electrons. The molecule has 1 aliphatic rings. The fraction of sp³-hybridized carbons (Fsp3) is 0.429. The van der Waals surface area contributed by atoms with E-state index in [1.165, 1.54) is 9.54 Å². The first kappa shape index (κ1) is 25.6. The number of nitrogens with zero attached hydrogens (tertiary/aromatic N) is 4. The van der Waals surface area contributed by atoms with Crippen molar-refractivity contribution < 1.29 is 13.2 Å². The summed E-state index contributed by atoms with van der Waals surface area (Å²) in [4.78, 5) is 7.50. The Bertz CT molecular complexity index is 1410. The molecule has 37 heavy (non-hydrogen) atoms. The highest BCUT2D eigenvalue weighted by Gasteiger charge is 2.28. The molecule has 3 heterocycles. The first-order valence-electron chi connectivity index (χ1n) is 13.2. The van der Waals surface area contributed by atoms with Gasteiger partial charge >= 0.3 is 0 Å². The van der Waals surface area contributed by atoms with Gasteiger partial charge in [-0.2, -0.15) is 5.10 Å². The standard InChI is InChI=1S/C28H35N5O3S/c1-3-32(14-15-36-4-2)24-12-10-21(11-13-24)22-16-26-27(23-18-30-31-19-23)20-33(28(26)29-17-22)37(34,35)25-8-6-5-7-9-25/h5-9,16-21,24H,3-4,10-15H2,1-2H3,(H,30,31)/t21-,24+. The van der Waals surface area contributed by atoms with Crippen molar-refractivity contribution in [3.8, 4) is 11.1 Å². The third-order valence-electron chi connectivity index (χ3n) is 7.56. The minimum Gasteiger partial charge on any atom is -0.380 e. The van der Waals surface area contributed by atoms with E-state index in [4.69, 9.17) is 9.72 Å². The third-order valence-corrected chi connectivity index (χ3v) is 9.22. The van der Waals surface area contributed by atoms with Crippen molar-refractivity contribution >= 4 is 21.1 Å². The van der Waals surface area contributed by atoms with Gasteiger partial charge in [0.2, 0.25) is 0 Å². The average molecular weight is 522 g/mol. The van der Waals surface area contributed by atoms with Crippen LogP contribution in [0.1, 0.15) is 51.0 Å². The molecule has 1 aromatic carbocycles. The Morgan fingerprint density at radius 2 is 1.89 bits per heavy atom. The summed E-state index contributed by atoms with van der Waals surface area (Å²) in [5, 5.41) is 7.76. The second-order valence-corrected chi connectivity index (χ2v) is 11.4. The van der Waals surface area contributed by atoms with Gasteiger partial charge < -0.3 is 4.74 Å². The summed E-state index contributed by atoms with van der Waals surface area (Å²) < 4.78 is 33.9. The Labute approximate surface area is 218 Å². The Hall–Kier alpha value is -3.01. The van der Waals surface area contributed by atoms with Gasteiger partial charge in [-0.3, -0.25) is 10.00 Å². The lowest BCUT2D eigenvalue weighted by Gasteiger charge is -2.36. The van der Waals surface area contributed by atoms with Gasteiger partial charge in [-0.1, -0.05) is 25.1 Å². The highest BCUT2D eigenvalue weighted by molar-refractivity contribution is 7.90. The Kier molecular flexibility index (Phi) is 7.73. The predicted octanol–water partition coefficient (Wildman–Crippen LogP) is 5.05. The average Bonchev–Trinajstić information content (AvgIpc) is 3.60. The second-order valence-electron chi connectivity index (χ2n) is 9.61. The fourth-order valence-corrected chi connectivity index (χ4v) is 6.88. The summed E-state index contributed by atoms with van der Waals surface area (Å²) in [6, 6.07) is 11.2. The van der Waals surface area contributed by atoms with Gasteiger partial charge in [-0.05, 0) is 68.8 Å². The van der Waals surface area contributed by atoms with Crippen molar-refractivity contribution in [1.82, 2.24) is 24.1 Å². The van der Waals surface area contributed by atoms with Crippen LogP contribution in [0, 0.1) is 0 Å². The van der Waals surface area contributed by atoms with E-state index in [-0.39, 0.29) is 4.90 Å². The van der Waals surface area contributed by atoms with Crippen LogP contribution in [-0.4, -0.2) is 64.8 Å². The number of rotatable bonds is 10. The van der Waals surface area contributed by atoms with Gasteiger partial charge in [0.25, 0.3) is 10.0 Å². The molecule has 1 aliphatic carbocycles. The van der Waals surface area contributed by atoms with Crippen LogP contribution >= 0.6 is 0 Å². The van der Waals surface area contributed by atoms with Gasteiger partial charge in [0.1, 0.15) is 0 Å². The maximum absolute atomic E-state index is 13.5. The number of fused-ring (bicyclic) bond motifs is 1. The SMILES string of the molecule is CCOCCN(CC)[C@H]1CC[C@@H](c2cnc3c(c2)c(-c2cn[nH]c2)cn3S(=O)(=O)c2ccccc2)CC1. The van der Waals surface area contributed by atoms with Crippen molar-refractivity contribution in [2.24, 2.45) is 0 Å². The van der Waals surface area contributed by atoms with E-state index in [9.17, 15) is 8.42 Å². The van der Waals surface area contributed by atoms with Crippen molar-refractivity contribution in [2.75, 3.05) is 26.3 Å². The molecule has 0 saturated heterocycles. The largest absolute Gasteiger partial charge is 0.380 e. The van der Waals surface area contributed by atoms with Crippen LogP contribution in [0.4, 0.5) is 0 Å². The van der Waals surface area contributed by atoms with E-state index < -0.39 is 10.0 Å². The monoisotopic (exact) mass is 521 g/mol. The number of hydrogen-bond acceptors (Lipinski definition) is 6. The summed E-state index contributed by atoms with van der Waals surface area (Å²) in [5.74, 6) is 0.407. The van der Waals surface area contributed by atoms with E-state index in [0.29, 0.717) is 17.6 Å². The van der Waals surface area contributed by atoms with Gasteiger partial charge in [0.15, 0.2) is 5.65 Å². The van der Waals surface area contributed by atoms with Crippen molar-refractivity contribution in [1.29, 1.82) is 0 Å². The number of pyridine rings is 1. The van der Waals surface area contributed by atoms with E-state index in [1.807, 2.05) is 19.2 Å². The Morgan fingerprint density at radius 1 is 1.11 bits per heavy atom. The highest BCUT2D eigenvalue weighted by Crippen LogP contribution is 2.38. The summed E-state index contributed by atoms with van der Waals surface area (Å²) >= 11 is 0. The fourth-order valence-electron chi connectivity index (χ4n) is 5.54. The van der Waals surface area contributed by atoms with E-state index in [2.05, 4.69) is 28.1 Å². The molecule has 0 atom stereocenters. The molecular weight excluding hydrogens is 486 g/mol. The first-order chi connectivity index (χ1) is 18.0. The van der Waals surface area contributed by atoms with Gasteiger partial charge in [0.05, 0.1) is 17.7 Å². The van der Waals surface area contributed by atoms with Crippen molar-refractivity contribution in [3.63, 3.8) is 0 Å².